The molecule has 1 unspecified atom stereocenters. The van der Waals surface area contributed by atoms with E-state index in [2.05, 4.69) is 21.0 Å². The maximum Gasteiger partial charge on any atom is 0.319 e. The van der Waals surface area contributed by atoms with E-state index in [0.29, 0.717) is 12.1 Å². The Morgan fingerprint density at radius 2 is 2.03 bits per heavy atom. The van der Waals surface area contributed by atoms with Gasteiger partial charge in [-0.1, -0.05) is 6.07 Å². The van der Waals surface area contributed by atoms with Crippen molar-refractivity contribution in [3.63, 3.8) is 0 Å². The Labute approximate surface area is 169 Å². The minimum absolute atomic E-state index is 0.0156. The minimum atomic E-state index is -3.04. The van der Waals surface area contributed by atoms with Crippen molar-refractivity contribution in [3.8, 4) is 5.69 Å². The molecule has 1 fully saturated rings. The van der Waals surface area contributed by atoms with Crippen LogP contribution >= 0.6 is 0 Å². The molecule has 156 valence electrons. The standard InChI is InChI=1S/C19H25N5O4S/c1-13-10-14(2)24(23-13)17-5-3-4-15(11-17)22-19(26)20-8-6-18(25)21-16-7-9-29(27,28)12-16/h3-5,10-11,16H,6-9,12H2,1-2H3,(H,21,25)(H2,20,22,26). The molecular weight excluding hydrogens is 394 g/mol. The summed E-state index contributed by atoms with van der Waals surface area (Å²) in [6.45, 7) is 4.02. The molecule has 0 spiro atoms. The molecule has 1 aliphatic rings. The number of sulfone groups is 1. The van der Waals surface area contributed by atoms with Crippen LogP contribution in [0.3, 0.4) is 0 Å². The molecule has 3 N–H and O–H groups in total. The van der Waals surface area contributed by atoms with Crippen molar-refractivity contribution in [2.45, 2.75) is 32.7 Å². The number of aryl methyl sites for hydroxylation is 2. The van der Waals surface area contributed by atoms with Crippen LogP contribution in [-0.4, -0.2) is 54.2 Å². The van der Waals surface area contributed by atoms with Crippen LogP contribution < -0.4 is 16.0 Å². The first-order chi connectivity index (χ1) is 13.7. The molecule has 1 aromatic carbocycles. The van der Waals surface area contributed by atoms with Crippen LogP contribution in [0, 0.1) is 13.8 Å². The number of aromatic nitrogens is 2. The molecule has 3 rings (SSSR count). The van der Waals surface area contributed by atoms with E-state index in [1.807, 2.05) is 38.1 Å². The van der Waals surface area contributed by atoms with Crippen LogP contribution in [-0.2, 0) is 14.6 Å². The van der Waals surface area contributed by atoms with Crippen molar-refractivity contribution in [2.24, 2.45) is 0 Å². The van der Waals surface area contributed by atoms with Crippen LogP contribution in [0.5, 0.6) is 0 Å². The number of nitrogens with zero attached hydrogens (tertiary/aromatic N) is 2. The lowest BCUT2D eigenvalue weighted by molar-refractivity contribution is -0.121. The monoisotopic (exact) mass is 419 g/mol. The molecule has 3 amide bonds. The number of carbonyl (C=O) groups excluding carboxylic acids is 2. The highest BCUT2D eigenvalue weighted by molar-refractivity contribution is 7.91. The zero-order valence-electron chi connectivity index (χ0n) is 16.4. The highest BCUT2D eigenvalue weighted by Crippen LogP contribution is 2.16. The van der Waals surface area contributed by atoms with E-state index in [0.717, 1.165) is 17.1 Å². The first-order valence-electron chi connectivity index (χ1n) is 9.40. The molecule has 2 aromatic rings. The van der Waals surface area contributed by atoms with Gasteiger partial charge >= 0.3 is 6.03 Å². The summed E-state index contributed by atoms with van der Waals surface area (Å²) in [5.41, 5.74) is 3.34. The molecule has 2 heterocycles. The summed E-state index contributed by atoms with van der Waals surface area (Å²) in [6, 6.07) is 8.51. The largest absolute Gasteiger partial charge is 0.352 e. The van der Waals surface area contributed by atoms with Gasteiger partial charge in [0, 0.05) is 30.4 Å². The first kappa shape index (κ1) is 20.8. The second-order valence-electron chi connectivity index (χ2n) is 7.19. The number of carbonyl (C=O) groups is 2. The van der Waals surface area contributed by atoms with Gasteiger partial charge in [0.2, 0.25) is 5.91 Å². The Morgan fingerprint density at radius 1 is 1.24 bits per heavy atom. The van der Waals surface area contributed by atoms with Gasteiger partial charge < -0.3 is 16.0 Å². The second-order valence-corrected chi connectivity index (χ2v) is 9.42. The predicted molar refractivity (Wildman–Crippen MR) is 110 cm³/mol. The maximum atomic E-state index is 12.1. The van der Waals surface area contributed by atoms with Crippen molar-refractivity contribution < 1.29 is 18.0 Å². The van der Waals surface area contributed by atoms with Gasteiger partial charge in [-0.2, -0.15) is 5.10 Å². The molecule has 10 heteroatoms. The Kier molecular flexibility index (Phi) is 6.21. The molecule has 1 atom stereocenters. The molecule has 9 nitrogen and oxygen atoms in total. The summed E-state index contributed by atoms with van der Waals surface area (Å²) in [5, 5.41) is 12.5. The number of hydrogen-bond acceptors (Lipinski definition) is 5. The second kappa shape index (κ2) is 8.64. The summed E-state index contributed by atoms with van der Waals surface area (Å²) >= 11 is 0. The average molecular weight is 420 g/mol. The molecule has 0 saturated carbocycles. The summed E-state index contributed by atoms with van der Waals surface area (Å²) in [6.07, 6.45) is 0.517. The third kappa shape index (κ3) is 5.80. The number of rotatable bonds is 6. The lowest BCUT2D eigenvalue weighted by Gasteiger charge is -2.12. The van der Waals surface area contributed by atoms with Crippen molar-refractivity contribution in [1.82, 2.24) is 20.4 Å². The van der Waals surface area contributed by atoms with Crippen LogP contribution in [0.1, 0.15) is 24.2 Å². The van der Waals surface area contributed by atoms with Crippen molar-refractivity contribution >= 4 is 27.5 Å². The van der Waals surface area contributed by atoms with Crippen LogP contribution in [0.2, 0.25) is 0 Å². The quantitative estimate of drug-likeness (QED) is 0.652. The third-order valence-electron chi connectivity index (χ3n) is 4.59. The van der Waals surface area contributed by atoms with E-state index < -0.39 is 15.9 Å². The molecule has 1 saturated heterocycles. The van der Waals surface area contributed by atoms with E-state index >= 15 is 0 Å². The number of nitrogens with one attached hydrogen (secondary N) is 3. The summed E-state index contributed by atoms with van der Waals surface area (Å²) < 4.78 is 24.6. The zero-order valence-corrected chi connectivity index (χ0v) is 17.3. The van der Waals surface area contributed by atoms with Crippen molar-refractivity contribution in [2.75, 3.05) is 23.4 Å². The first-order valence-corrected chi connectivity index (χ1v) is 11.2. The number of benzene rings is 1. The van der Waals surface area contributed by atoms with Crippen LogP contribution in [0.4, 0.5) is 10.5 Å². The molecule has 1 aromatic heterocycles. The Balaban J connectivity index is 1.46. The smallest absolute Gasteiger partial charge is 0.319 e. The van der Waals surface area contributed by atoms with Gasteiger partial charge in [0.25, 0.3) is 0 Å². The highest BCUT2D eigenvalue weighted by atomic mass is 32.2. The normalized spacial score (nSPS) is 17.7. The lowest BCUT2D eigenvalue weighted by atomic mass is 10.2. The molecule has 0 aliphatic carbocycles. The van der Waals surface area contributed by atoms with Crippen LogP contribution in [0.25, 0.3) is 5.69 Å². The van der Waals surface area contributed by atoms with E-state index in [9.17, 15) is 18.0 Å². The number of anilines is 1. The fourth-order valence-electron chi connectivity index (χ4n) is 3.28. The van der Waals surface area contributed by atoms with E-state index in [1.165, 1.54) is 0 Å². The van der Waals surface area contributed by atoms with E-state index in [-0.39, 0.29) is 36.4 Å². The SMILES string of the molecule is Cc1cc(C)n(-c2cccc(NC(=O)NCCC(=O)NC3CCS(=O)(=O)C3)c2)n1. The Morgan fingerprint density at radius 3 is 2.69 bits per heavy atom. The summed E-state index contributed by atoms with van der Waals surface area (Å²) in [4.78, 5) is 24.0. The zero-order chi connectivity index (χ0) is 21.0. The number of urea groups is 1. The highest BCUT2D eigenvalue weighted by Gasteiger charge is 2.28. The van der Waals surface area contributed by atoms with Gasteiger partial charge in [-0.3, -0.25) is 4.79 Å². The Hall–Kier alpha value is -2.88. The average Bonchev–Trinajstić information content (AvgIpc) is 3.15. The molecule has 0 radical (unpaired) electrons. The van der Waals surface area contributed by atoms with Gasteiger partial charge in [-0.15, -0.1) is 0 Å². The summed E-state index contributed by atoms with van der Waals surface area (Å²) in [5.74, 6) is -0.188. The fraction of sp³-hybridized carbons (Fsp3) is 0.421. The van der Waals surface area contributed by atoms with Gasteiger partial charge in [0.15, 0.2) is 9.84 Å². The maximum absolute atomic E-state index is 12.1. The molecule has 0 bridgehead atoms. The van der Waals surface area contributed by atoms with Gasteiger partial charge in [-0.05, 0) is 44.5 Å². The van der Waals surface area contributed by atoms with Gasteiger partial charge in [0.05, 0.1) is 22.9 Å². The summed E-state index contributed by atoms with van der Waals surface area (Å²) in [7, 11) is -3.04. The topological polar surface area (TPSA) is 122 Å². The number of hydrogen-bond donors (Lipinski definition) is 3. The van der Waals surface area contributed by atoms with E-state index in [1.54, 1.807) is 10.7 Å². The van der Waals surface area contributed by atoms with Crippen molar-refractivity contribution in [1.29, 1.82) is 0 Å². The van der Waals surface area contributed by atoms with Gasteiger partial charge in [-0.25, -0.2) is 17.9 Å². The third-order valence-corrected chi connectivity index (χ3v) is 6.36. The predicted octanol–water partition coefficient (Wildman–Crippen LogP) is 1.30. The lowest BCUT2D eigenvalue weighted by Crippen LogP contribution is -2.38. The molecule has 1 aliphatic heterocycles. The molecule has 29 heavy (non-hydrogen) atoms. The Bertz CT molecular complexity index is 1020. The van der Waals surface area contributed by atoms with Gasteiger partial charge in [0.1, 0.15) is 0 Å². The molecular formula is C19H25N5O4S. The number of amides is 3. The van der Waals surface area contributed by atoms with Crippen molar-refractivity contribution in [3.05, 3.63) is 41.7 Å². The fourth-order valence-corrected chi connectivity index (χ4v) is 4.95. The van der Waals surface area contributed by atoms with E-state index in [4.69, 9.17) is 0 Å². The minimum Gasteiger partial charge on any atom is -0.352 e. The van der Waals surface area contributed by atoms with Crippen LogP contribution in [0.15, 0.2) is 30.3 Å².